The van der Waals surface area contributed by atoms with Gasteiger partial charge in [0, 0.05) is 38.4 Å². The van der Waals surface area contributed by atoms with Crippen molar-refractivity contribution in [1.29, 1.82) is 0 Å². The van der Waals surface area contributed by atoms with Crippen LogP contribution in [0, 0.1) is 11.6 Å². The normalized spacial score (nSPS) is 15.1. The zero-order valence-corrected chi connectivity index (χ0v) is 19.5. The topological polar surface area (TPSA) is 41.7 Å². The maximum atomic E-state index is 13.4. The molecule has 1 saturated heterocycles. The van der Waals surface area contributed by atoms with Crippen LogP contribution in [0.3, 0.4) is 0 Å². The van der Waals surface area contributed by atoms with Crippen molar-refractivity contribution in [2.75, 3.05) is 51.6 Å². The fourth-order valence-corrected chi connectivity index (χ4v) is 4.45. The summed E-state index contributed by atoms with van der Waals surface area (Å²) in [5.41, 5.74) is 9.71. The molecule has 3 aromatic carbocycles. The van der Waals surface area contributed by atoms with Crippen LogP contribution in [0.25, 0.3) is 0 Å². The van der Waals surface area contributed by atoms with Crippen LogP contribution in [0.5, 0.6) is 0 Å². The van der Waals surface area contributed by atoms with Gasteiger partial charge < -0.3 is 15.4 Å². The van der Waals surface area contributed by atoms with E-state index in [4.69, 9.17) is 10.5 Å². The molecule has 0 aromatic heterocycles. The Morgan fingerprint density at radius 2 is 1.32 bits per heavy atom. The molecule has 34 heavy (non-hydrogen) atoms. The Bertz CT molecular complexity index is 973. The van der Waals surface area contributed by atoms with E-state index >= 15 is 0 Å². The third-order valence-corrected chi connectivity index (χ3v) is 6.39. The fourth-order valence-electron chi connectivity index (χ4n) is 4.45. The van der Waals surface area contributed by atoms with Crippen LogP contribution in [0.1, 0.15) is 29.2 Å². The first kappa shape index (κ1) is 24.3. The largest absolute Gasteiger partial charge is 0.399 e. The molecule has 0 atom stereocenters. The maximum absolute atomic E-state index is 13.4. The lowest BCUT2D eigenvalue weighted by molar-refractivity contribution is 0.0451. The number of piperazine rings is 1. The molecule has 0 amide bonds. The number of benzene rings is 3. The van der Waals surface area contributed by atoms with Crippen LogP contribution >= 0.6 is 0 Å². The predicted molar refractivity (Wildman–Crippen MR) is 133 cm³/mol. The van der Waals surface area contributed by atoms with Crippen LogP contribution in [0.4, 0.5) is 14.5 Å². The molecule has 1 fully saturated rings. The monoisotopic (exact) mass is 465 g/mol. The van der Waals surface area contributed by atoms with Crippen molar-refractivity contribution < 1.29 is 13.5 Å². The second-order valence-corrected chi connectivity index (χ2v) is 8.89. The summed E-state index contributed by atoms with van der Waals surface area (Å²) in [6.45, 7) is 6.60. The van der Waals surface area contributed by atoms with Gasteiger partial charge in [0.25, 0.3) is 0 Å². The lowest BCUT2D eigenvalue weighted by atomic mass is 10.0. The van der Waals surface area contributed by atoms with Gasteiger partial charge in [-0.1, -0.05) is 36.4 Å². The molecule has 0 aliphatic carbocycles. The van der Waals surface area contributed by atoms with E-state index in [2.05, 4.69) is 21.9 Å². The predicted octanol–water partition coefficient (Wildman–Crippen LogP) is 4.90. The maximum Gasteiger partial charge on any atom is 0.123 e. The van der Waals surface area contributed by atoms with Gasteiger partial charge in [0.15, 0.2) is 0 Å². The lowest BCUT2D eigenvalue weighted by Crippen LogP contribution is -2.47. The van der Waals surface area contributed by atoms with E-state index in [1.807, 2.05) is 12.1 Å². The summed E-state index contributed by atoms with van der Waals surface area (Å²) in [6, 6.07) is 20.8. The van der Waals surface area contributed by atoms with Crippen LogP contribution in [0.2, 0.25) is 0 Å². The molecule has 0 saturated carbocycles. The quantitative estimate of drug-likeness (QED) is 0.433. The van der Waals surface area contributed by atoms with Crippen molar-refractivity contribution in [3.8, 4) is 0 Å². The molecule has 1 heterocycles. The number of aryl methyl sites for hydroxylation is 1. The van der Waals surface area contributed by atoms with E-state index < -0.39 is 0 Å². The highest BCUT2D eigenvalue weighted by Gasteiger charge is 2.19. The number of rotatable bonds is 10. The van der Waals surface area contributed by atoms with Gasteiger partial charge in [-0.2, -0.15) is 0 Å². The van der Waals surface area contributed by atoms with E-state index in [1.165, 1.54) is 29.8 Å². The molecule has 4 rings (SSSR count). The zero-order valence-electron chi connectivity index (χ0n) is 19.5. The minimum Gasteiger partial charge on any atom is -0.399 e. The van der Waals surface area contributed by atoms with E-state index in [0.29, 0.717) is 6.61 Å². The third kappa shape index (κ3) is 7.10. The number of ether oxygens (including phenoxy) is 1. The smallest absolute Gasteiger partial charge is 0.123 e. The molecule has 4 nitrogen and oxygen atoms in total. The Balaban J connectivity index is 1.22. The number of hydrogen-bond acceptors (Lipinski definition) is 4. The van der Waals surface area contributed by atoms with Crippen molar-refractivity contribution in [2.24, 2.45) is 0 Å². The van der Waals surface area contributed by atoms with Gasteiger partial charge in [-0.3, -0.25) is 4.90 Å². The number of halogens is 2. The molecular formula is C28H33F2N3O. The SMILES string of the molecule is Nc1cccc(CCCN2CCN(CCOC(c3ccc(F)cc3)c3ccc(F)cc3)CC2)c1. The summed E-state index contributed by atoms with van der Waals surface area (Å²) in [6.07, 6.45) is 1.83. The van der Waals surface area contributed by atoms with Gasteiger partial charge >= 0.3 is 0 Å². The zero-order chi connectivity index (χ0) is 23.8. The van der Waals surface area contributed by atoms with Crippen LogP contribution < -0.4 is 5.73 Å². The second-order valence-electron chi connectivity index (χ2n) is 8.89. The highest BCUT2D eigenvalue weighted by atomic mass is 19.1. The summed E-state index contributed by atoms with van der Waals surface area (Å²) in [4.78, 5) is 4.93. The van der Waals surface area contributed by atoms with E-state index in [9.17, 15) is 8.78 Å². The first-order chi connectivity index (χ1) is 16.6. The standard InChI is InChI=1S/C28H33F2N3O/c29-25-10-6-23(7-11-25)28(24-8-12-26(30)13-9-24)34-20-19-33-17-15-32(16-18-33)14-2-4-22-3-1-5-27(31)21-22/h1,3,5-13,21,28H,2,4,14-20,31H2. The average Bonchev–Trinajstić information content (AvgIpc) is 2.84. The lowest BCUT2D eigenvalue weighted by Gasteiger charge is -2.35. The van der Waals surface area contributed by atoms with Gasteiger partial charge in [0.1, 0.15) is 17.7 Å². The molecule has 0 bridgehead atoms. The van der Waals surface area contributed by atoms with E-state index in [1.54, 1.807) is 24.3 Å². The first-order valence-corrected chi connectivity index (χ1v) is 12.0. The first-order valence-electron chi connectivity index (χ1n) is 12.0. The molecule has 0 spiro atoms. The number of anilines is 1. The Morgan fingerprint density at radius 1 is 0.765 bits per heavy atom. The van der Waals surface area contributed by atoms with Crippen molar-refractivity contribution in [2.45, 2.75) is 18.9 Å². The highest BCUT2D eigenvalue weighted by molar-refractivity contribution is 5.40. The fraction of sp³-hybridized carbons (Fsp3) is 0.357. The van der Waals surface area contributed by atoms with Crippen LogP contribution in [-0.2, 0) is 11.2 Å². The van der Waals surface area contributed by atoms with Crippen molar-refractivity contribution in [1.82, 2.24) is 9.80 Å². The van der Waals surface area contributed by atoms with Gasteiger partial charge in [0.05, 0.1) is 6.61 Å². The number of hydrogen-bond donors (Lipinski definition) is 1. The Morgan fingerprint density at radius 3 is 1.88 bits per heavy atom. The van der Waals surface area contributed by atoms with Gasteiger partial charge in [-0.15, -0.1) is 0 Å². The van der Waals surface area contributed by atoms with Gasteiger partial charge in [-0.25, -0.2) is 8.78 Å². The molecule has 180 valence electrons. The summed E-state index contributed by atoms with van der Waals surface area (Å²) in [7, 11) is 0. The average molecular weight is 466 g/mol. The minimum absolute atomic E-state index is 0.285. The second kappa shape index (κ2) is 12.1. The summed E-state index contributed by atoms with van der Waals surface area (Å²) < 4.78 is 33.0. The van der Waals surface area contributed by atoms with Crippen molar-refractivity contribution in [3.63, 3.8) is 0 Å². The summed E-state index contributed by atoms with van der Waals surface area (Å²) in [5, 5.41) is 0. The minimum atomic E-state index is -0.352. The molecule has 0 unspecified atom stereocenters. The van der Waals surface area contributed by atoms with E-state index in [0.717, 1.165) is 68.9 Å². The van der Waals surface area contributed by atoms with Crippen LogP contribution in [0.15, 0.2) is 72.8 Å². The number of nitrogens with zero attached hydrogens (tertiary/aromatic N) is 2. The molecule has 3 aromatic rings. The summed E-state index contributed by atoms with van der Waals surface area (Å²) in [5.74, 6) is -0.570. The van der Waals surface area contributed by atoms with E-state index in [-0.39, 0.29) is 17.7 Å². The Hall–Kier alpha value is -2.80. The van der Waals surface area contributed by atoms with Gasteiger partial charge in [-0.05, 0) is 72.5 Å². The van der Waals surface area contributed by atoms with Crippen LogP contribution in [-0.4, -0.2) is 55.7 Å². The molecule has 1 aliphatic rings. The Kier molecular flexibility index (Phi) is 8.63. The molecule has 2 N–H and O–H groups in total. The van der Waals surface area contributed by atoms with Gasteiger partial charge in [0.2, 0.25) is 0 Å². The molecule has 1 aliphatic heterocycles. The Labute approximate surface area is 200 Å². The highest BCUT2D eigenvalue weighted by Crippen LogP contribution is 2.26. The van der Waals surface area contributed by atoms with Crippen molar-refractivity contribution >= 4 is 5.69 Å². The number of nitrogens with two attached hydrogens (primary N) is 1. The molecular weight excluding hydrogens is 432 g/mol. The number of nitrogen functional groups attached to an aromatic ring is 1. The van der Waals surface area contributed by atoms with Crippen molar-refractivity contribution in [3.05, 3.63) is 101 Å². The molecule has 6 heteroatoms. The summed E-state index contributed by atoms with van der Waals surface area (Å²) >= 11 is 0. The third-order valence-electron chi connectivity index (χ3n) is 6.39. The molecule has 0 radical (unpaired) electrons.